The fourth-order valence-electron chi connectivity index (χ4n) is 4.05. The van der Waals surface area contributed by atoms with Crippen LogP contribution in [0.5, 0.6) is 5.75 Å². The summed E-state index contributed by atoms with van der Waals surface area (Å²) >= 11 is 0. The molecule has 1 amide bonds. The van der Waals surface area contributed by atoms with E-state index in [2.05, 4.69) is 11.4 Å². The fraction of sp³-hybridized carbons (Fsp3) is 0.600. The number of ether oxygens (including phenoxy) is 1. The molecule has 3 rings (SSSR count). The molecule has 0 aromatic heterocycles. The first-order valence-corrected chi connectivity index (χ1v) is 9.32. The number of benzene rings is 1. The van der Waals surface area contributed by atoms with Gasteiger partial charge in [0.05, 0.1) is 30.3 Å². The first kappa shape index (κ1) is 17.8. The van der Waals surface area contributed by atoms with Gasteiger partial charge in [0.2, 0.25) is 5.91 Å². The molecule has 1 fully saturated rings. The van der Waals surface area contributed by atoms with E-state index in [0.29, 0.717) is 18.1 Å². The smallest absolute Gasteiger partial charge is 0.237 e. The summed E-state index contributed by atoms with van der Waals surface area (Å²) in [5.74, 6) is 1.23. The molecule has 2 aliphatic rings. The predicted molar refractivity (Wildman–Crippen MR) is 96.1 cm³/mol. The van der Waals surface area contributed by atoms with Crippen molar-refractivity contribution in [2.75, 3.05) is 6.61 Å². The average molecular weight is 341 g/mol. The van der Waals surface area contributed by atoms with Crippen molar-refractivity contribution in [2.45, 2.75) is 64.0 Å². The highest BCUT2D eigenvalue weighted by molar-refractivity contribution is 5.82. The van der Waals surface area contributed by atoms with E-state index in [4.69, 9.17) is 15.7 Å². The molecule has 1 aliphatic carbocycles. The van der Waals surface area contributed by atoms with Crippen molar-refractivity contribution < 1.29 is 9.53 Å². The summed E-state index contributed by atoms with van der Waals surface area (Å²) in [6, 6.07) is 5.31. The Balaban J connectivity index is 1.66. The molecule has 2 atom stereocenters. The number of nitrogens with two attached hydrogens (primary N) is 1. The number of carbonyl (C=O) groups is 1. The lowest BCUT2D eigenvalue weighted by molar-refractivity contribution is -0.123. The predicted octanol–water partition coefficient (Wildman–Crippen LogP) is 3.10. The van der Waals surface area contributed by atoms with Crippen LogP contribution < -0.4 is 15.8 Å². The summed E-state index contributed by atoms with van der Waals surface area (Å²) in [6.45, 7) is 2.42. The maximum absolute atomic E-state index is 12.6. The lowest BCUT2D eigenvalue weighted by atomic mass is 9.84. The molecule has 0 radical (unpaired) electrons. The minimum atomic E-state index is -0.450. The third-order valence-corrected chi connectivity index (χ3v) is 5.55. The van der Waals surface area contributed by atoms with E-state index in [1.54, 1.807) is 6.07 Å². The minimum absolute atomic E-state index is 0.0783. The van der Waals surface area contributed by atoms with E-state index < -0.39 is 6.04 Å². The highest BCUT2D eigenvalue weighted by atomic mass is 16.5. The van der Waals surface area contributed by atoms with Crippen LogP contribution >= 0.6 is 0 Å². The number of nitrogens with one attached hydrogen (secondary N) is 1. The normalized spacial score (nSPS) is 21.6. The Morgan fingerprint density at radius 2 is 2.12 bits per heavy atom. The molecular formula is C20H27N3O2. The first-order chi connectivity index (χ1) is 12.1. The van der Waals surface area contributed by atoms with Crippen LogP contribution in [0.1, 0.15) is 67.7 Å². The molecule has 1 heterocycles. The van der Waals surface area contributed by atoms with Crippen molar-refractivity contribution in [3.8, 4) is 11.8 Å². The molecule has 1 aliphatic heterocycles. The third-order valence-electron chi connectivity index (χ3n) is 5.55. The Hall–Kier alpha value is -2.06. The molecule has 5 heteroatoms. The van der Waals surface area contributed by atoms with Crippen LogP contribution in [0.15, 0.2) is 12.1 Å². The second-order valence-corrected chi connectivity index (χ2v) is 7.31. The largest absolute Gasteiger partial charge is 0.493 e. The fourth-order valence-corrected chi connectivity index (χ4v) is 4.05. The topological polar surface area (TPSA) is 88.1 Å². The standard InChI is InChI=1S/C20H27N3O2/c1-13-15(12-21)7-8-16-18(9-10-25-19(13)16)23-20(24)17(22)11-14-5-3-2-4-6-14/h7-8,14,17-18H,2-6,9-11,22H2,1H3,(H,23,24)/t17-,18-/m1/s1. The van der Waals surface area contributed by atoms with E-state index in [0.717, 1.165) is 29.7 Å². The lowest BCUT2D eigenvalue weighted by Gasteiger charge is -2.30. The number of carbonyl (C=O) groups excluding carboxylic acids is 1. The Labute approximate surface area is 149 Å². The highest BCUT2D eigenvalue weighted by Crippen LogP contribution is 2.36. The Morgan fingerprint density at radius 1 is 1.36 bits per heavy atom. The molecule has 5 nitrogen and oxygen atoms in total. The van der Waals surface area contributed by atoms with Gasteiger partial charge in [-0.3, -0.25) is 4.79 Å². The minimum Gasteiger partial charge on any atom is -0.493 e. The van der Waals surface area contributed by atoms with Crippen molar-refractivity contribution in [1.29, 1.82) is 5.26 Å². The summed E-state index contributed by atoms with van der Waals surface area (Å²) in [7, 11) is 0. The number of nitrogens with zero attached hydrogens (tertiary/aromatic N) is 1. The van der Waals surface area contributed by atoms with E-state index in [1.165, 1.54) is 32.1 Å². The van der Waals surface area contributed by atoms with Gasteiger partial charge in [-0.1, -0.05) is 38.2 Å². The average Bonchev–Trinajstić information content (AvgIpc) is 2.63. The van der Waals surface area contributed by atoms with Gasteiger partial charge in [-0.05, 0) is 25.3 Å². The summed E-state index contributed by atoms with van der Waals surface area (Å²) in [5, 5.41) is 12.3. The van der Waals surface area contributed by atoms with Crippen molar-refractivity contribution >= 4 is 5.91 Å². The van der Waals surface area contributed by atoms with Gasteiger partial charge in [-0.2, -0.15) is 5.26 Å². The van der Waals surface area contributed by atoms with Gasteiger partial charge in [-0.15, -0.1) is 0 Å². The molecule has 134 valence electrons. The van der Waals surface area contributed by atoms with E-state index in [1.807, 2.05) is 13.0 Å². The molecule has 25 heavy (non-hydrogen) atoms. The van der Waals surface area contributed by atoms with Gasteiger partial charge in [0.1, 0.15) is 5.75 Å². The van der Waals surface area contributed by atoms with Gasteiger partial charge in [0.15, 0.2) is 0 Å². The molecular weight excluding hydrogens is 314 g/mol. The van der Waals surface area contributed by atoms with Gasteiger partial charge < -0.3 is 15.8 Å². The van der Waals surface area contributed by atoms with Crippen molar-refractivity contribution in [2.24, 2.45) is 11.7 Å². The number of hydrogen-bond acceptors (Lipinski definition) is 4. The summed E-state index contributed by atoms with van der Waals surface area (Å²) in [4.78, 5) is 12.6. The maximum Gasteiger partial charge on any atom is 0.237 e. The van der Waals surface area contributed by atoms with Gasteiger partial charge in [-0.25, -0.2) is 0 Å². The molecule has 0 bridgehead atoms. The quantitative estimate of drug-likeness (QED) is 0.881. The monoisotopic (exact) mass is 341 g/mol. The van der Waals surface area contributed by atoms with Crippen LogP contribution in [0.4, 0.5) is 0 Å². The zero-order valence-electron chi connectivity index (χ0n) is 14.9. The van der Waals surface area contributed by atoms with Crippen molar-refractivity contribution in [1.82, 2.24) is 5.32 Å². The molecule has 1 saturated carbocycles. The highest BCUT2D eigenvalue weighted by Gasteiger charge is 2.28. The maximum atomic E-state index is 12.6. The molecule has 0 spiro atoms. The number of rotatable bonds is 4. The SMILES string of the molecule is Cc1c(C#N)ccc2c1OCC[C@H]2NC(=O)[C@H](N)CC1CCCCC1. The van der Waals surface area contributed by atoms with Crippen LogP contribution in [-0.4, -0.2) is 18.6 Å². The summed E-state index contributed by atoms with van der Waals surface area (Å²) in [5.41, 5.74) is 8.57. The van der Waals surface area contributed by atoms with Crippen molar-refractivity contribution in [3.05, 3.63) is 28.8 Å². The van der Waals surface area contributed by atoms with E-state index in [-0.39, 0.29) is 11.9 Å². The Kier molecular flexibility index (Phi) is 5.60. The molecule has 3 N–H and O–H groups in total. The third kappa shape index (κ3) is 3.96. The molecule has 1 aromatic rings. The van der Waals surface area contributed by atoms with Crippen LogP contribution in [0, 0.1) is 24.2 Å². The second-order valence-electron chi connectivity index (χ2n) is 7.31. The van der Waals surface area contributed by atoms with Gasteiger partial charge >= 0.3 is 0 Å². The first-order valence-electron chi connectivity index (χ1n) is 9.32. The van der Waals surface area contributed by atoms with Gasteiger partial charge in [0.25, 0.3) is 0 Å². The number of nitriles is 1. The zero-order chi connectivity index (χ0) is 17.8. The van der Waals surface area contributed by atoms with Crippen molar-refractivity contribution in [3.63, 3.8) is 0 Å². The molecule has 0 unspecified atom stereocenters. The Bertz CT molecular complexity index is 674. The van der Waals surface area contributed by atoms with Gasteiger partial charge in [0, 0.05) is 17.5 Å². The van der Waals surface area contributed by atoms with Crippen LogP contribution in [0.25, 0.3) is 0 Å². The number of hydrogen-bond donors (Lipinski definition) is 2. The zero-order valence-corrected chi connectivity index (χ0v) is 14.9. The van der Waals surface area contributed by atoms with E-state index in [9.17, 15) is 4.79 Å². The molecule has 1 aromatic carbocycles. The number of fused-ring (bicyclic) bond motifs is 1. The summed E-state index contributed by atoms with van der Waals surface area (Å²) < 4.78 is 5.76. The molecule has 0 saturated heterocycles. The summed E-state index contributed by atoms with van der Waals surface area (Å²) in [6.07, 6.45) is 7.70. The van der Waals surface area contributed by atoms with Crippen LogP contribution in [-0.2, 0) is 4.79 Å². The number of amides is 1. The van der Waals surface area contributed by atoms with Crippen LogP contribution in [0.2, 0.25) is 0 Å². The lowest BCUT2D eigenvalue weighted by Crippen LogP contribution is -2.44. The van der Waals surface area contributed by atoms with E-state index >= 15 is 0 Å². The van der Waals surface area contributed by atoms with Crippen LogP contribution in [0.3, 0.4) is 0 Å². The second kappa shape index (κ2) is 7.88. The Morgan fingerprint density at radius 3 is 2.84 bits per heavy atom.